The summed E-state index contributed by atoms with van der Waals surface area (Å²) >= 11 is 1.47. The Kier molecular flexibility index (Phi) is 8.49. The third-order valence-electron chi connectivity index (χ3n) is 4.78. The number of carbonyl (C=O) groups is 1. The first kappa shape index (κ1) is 23.5. The average Bonchev–Trinajstić information content (AvgIpc) is 3.18. The molecule has 0 spiro atoms. The summed E-state index contributed by atoms with van der Waals surface area (Å²) in [5.41, 5.74) is -0.412. The van der Waals surface area contributed by atoms with E-state index in [2.05, 4.69) is 4.90 Å². The van der Waals surface area contributed by atoms with Crippen LogP contribution in [0.1, 0.15) is 37.5 Å². The third kappa shape index (κ3) is 6.93. The highest BCUT2D eigenvalue weighted by Crippen LogP contribution is 2.33. The molecular formula is C21H22F3N3O2S. The second-order valence-corrected chi connectivity index (χ2v) is 7.92. The molecule has 0 saturated carbocycles. The van der Waals surface area contributed by atoms with Crippen molar-refractivity contribution < 1.29 is 22.7 Å². The van der Waals surface area contributed by atoms with Gasteiger partial charge in [0.15, 0.2) is 0 Å². The molecule has 9 heteroatoms. The second kappa shape index (κ2) is 10.8. The molecule has 0 N–H and O–H groups in total. The van der Waals surface area contributed by atoms with Gasteiger partial charge in [-0.25, -0.2) is 4.79 Å². The molecule has 0 radical (unpaired) electrons. The number of hydrogen-bond donors (Lipinski definition) is 0. The first-order chi connectivity index (χ1) is 14.3. The molecule has 0 amide bonds. The Labute approximate surface area is 177 Å². The lowest BCUT2D eigenvalue weighted by Gasteiger charge is -2.32. The van der Waals surface area contributed by atoms with E-state index in [-0.39, 0.29) is 30.1 Å². The van der Waals surface area contributed by atoms with Crippen LogP contribution in [0.2, 0.25) is 0 Å². The predicted molar refractivity (Wildman–Crippen MR) is 108 cm³/mol. The van der Waals surface area contributed by atoms with Gasteiger partial charge in [0.1, 0.15) is 17.7 Å². The third-order valence-corrected chi connectivity index (χ3v) is 5.89. The van der Waals surface area contributed by atoms with Gasteiger partial charge in [-0.2, -0.15) is 23.7 Å². The van der Waals surface area contributed by atoms with Crippen LogP contribution in [0.15, 0.2) is 29.4 Å². The lowest BCUT2D eigenvalue weighted by Crippen LogP contribution is -2.33. The molecule has 0 aliphatic carbocycles. The summed E-state index contributed by atoms with van der Waals surface area (Å²) in [5, 5.41) is 19.1. The zero-order valence-corrected chi connectivity index (χ0v) is 17.4. The highest BCUT2D eigenvalue weighted by atomic mass is 32.1. The van der Waals surface area contributed by atoms with Gasteiger partial charge in [0.05, 0.1) is 17.2 Å². The molecule has 0 unspecified atom stereocenters. The summed E-state index contributed by atoms with van der Waals surface area (Å²) in [5.74, 6) is -0.639. The number of esters is 1. The molecule has 1 aliphatic heterocycles. The highest BCUT2D eigenvalue weighted by molar-refractivity contribution is 7.16. The summed E-state index contributed by atoms with van der Waals surface area (Å²) in [6, 6.07) is 7.17. The Balaban J connectivity index is 2.01. The van der Waals surface area contributed by atoms with Gasteiger partial charge in [-0.1, -0.05) is 0 Å². The van der Waals surface area contributed by atoms with Gasteiger partial charge in [0.25, 0.3) is 0 Å². The SMILES string of the molecule is CCOC(=O)C(C=Cc1ccc(N2CCC(CCC(F)(F)F)CC2)s1)=C(C#N)C#N. The number of carbonyl (C=O) groups excluding carboxylic acids is 1. The van der Waals surface area contributed by atoms with Crippen LogP contribution in [0.5, 0.6) is 0 Å². The lowest BCUT2D eigenvalue weighted by molar-refractivity contribution is -0.138. The lowest BCUT2D eigenvalue weighted by atomic mass is 9.92. The minimum atomic E-state index is -4.10. The molecular weight excluding hydrogens is 415 g/mol. The molecule has 2 rings (SSSR count). The number of thiophene rings is 1. The van der Waals surface area contributed by atoms with E-state index >= 15 is 0 Å². The van der Waals surface area contributed by atoms with Gasteiger partial charge in [0, 0.05) is 24.4 Å². The van der Waals surface area contributed by atoms with Crippen molar-refractivity contribution in [2.24, 2.45) is 5.92 Å². The number of rotatable bonds is 7. The molecule has 0 atom stereocenters. The number of halogens is 3. The first-order valence-corrected chi connectivity index (χ1v) is 10.4. The van der Waals surface area contributed by atoms with Gasteiger partial charge >= 0.3 is 12.1 Å². The fourth-order valence-electron chi connectivity index (χ4n) is 3.18. The maximum absolute atomic E-state index is 12.4. The topological polar surface area (TPSA) is 77.1 Å². The molecule has 30 heavy (non-hydrogen) atoms. The minimum Gasteiger partial charge on any atom is -0.462 e. The van der Waals surface area contributed by atoms with Crippen LogP contribution in [0.25, 0.3) is 6.08 Å². The second-order valence-electron chi connectivity index (χ2n) is 6.83. The van der Waals surface area contributed by atoms with E-state index in [9.17, 15) is 18.0 Å². The number of hydrogen-bond acceptors (Lipinski definition) is 6. The van der Waals surface area contributed by atoms with Gasteiger partial charge < -0.3 is 9.64 Å². The van der Waals surface area contributed by atoms with Crippen molar-refractivity contribution in [3.8, 4) is 12.1 Å². The Bertz CT molecular complexity index is 867. The number of ether oxygens (including phenoxy) is 1. The number of alkyl halides is 3. The Hall–Kier alpha value is -2.78. The minimum absolute atomic E-state index is 0.0925. The van der Waals surface area contributed by atoms with Crippen LogP contribution in [0.4, 0.5) is 18.2 Å². The zero-order chi connectivity index (χ0) is 22.1. The van der Waals surface area contributed by atoms with E-state index in [1.807, 2.05) is 12.1 Å². The molecule has 1 aromatic rings. The molecule has 1 fully saturated rings. The van der Waals surface area contributed by atoms with Crippen molar-refractivity contribution in [2.45, 2.75) is 38.8 Å². The summed E-state index contributed by atoms with van der Waals surface area (Å²) in [6.07, 6.45) is -0.150. The quantitative estimate of drug-likeness (QED) is 0.253. The molecule has 1 aliphatic rings. The van der Waals surface area contributed by atoms with Crippen LogP contribution >= 0.6 is 11.3 Å². The molecule has 1 saturated heterocycles. The van der Waals surface area contributed by atoms with Crippen LogP contribution in [0, 0.1) is 28.6 Å². The number of nitrogens with zero attached hydrogens (tertiary/aromatic N) is 3. The molecule has 160 valence electrons. The predicted octanol–water partition coefficient (Wildman–Crippen LogP) is 5.23. The van der Waals surface area contributed by atoms with Crippen LogP contribution < -0.4 is 4.90 Å². The van der Waals surface area contributed by atoms with E-state index in [0.29, 0.717) is 13.1 Å². The first-order valence-electron chi connectivity index (χ1n) is 9.58. The van der Waals surface area contributed by atoms with Crippen molar-refractivity contribution in [3.63, 3.8) is 0 Å². The van der Waals surface area contributed by atoms with E-state index < -0.39 is 18.6 Å². The molecule has 5 nitrogen and oxygen atoms in total. The number of nitriles is 2. The number of allylic oxidation sites excluding steroid dienone is 1. The molecule has 1 aromatic heterocycles. The Morgan fingerprint density at radius 3 is 2.53 bits per heavy atom. The largest absolute Gasteiger partial charge is 0.462 e. The van der Waals surface area contributed by atoms with Crippen molar-refractivity contribution in [2.75, 3.05) is 24.6 Å². The van der Waals surface area contributed by atoms with E-state index in [1.54, 1.807) is 25.1 Å². The molecule has 0 bridgehead atoms. The van der Waals surface area contributed by atoms with Crippen molar-refractivity contribution in [1.29, 1.82) is 10.5 Å². The zero-order valence-electron chi connectivity index (χ0n) is 16.5. The number of piperidine rings is 1. The molecule has 2 heterocycles. The van der Waals surface area contributed by atoms with Gasteiger partial charge in [-0.3, -0.25) is 0 Å². The van der Waals surface area contributed by atoms with E-state index in [0.717, 1.165) is 22.7 Å². The smallest absolute Gasteiger partial charge is 0.389 e. The monoisotopic (exact) mass is 437 g/mol. The maximum atomic E-state index is 12.4. The van der Waals surface area contributed by atoms with E-state index in [1.165, 1.54) is 17.4 Å². The van der Waals surface area contributed by atoms with Crippen LogP contribution in [-0.4, -0.2) is 31.8 Å². The van der Waals surface area contributed by atoms with Crippen molar-refractivity contribution >= 4 is 28.4 Å². The summed E-state index contributed by atoms with van der Waals surface area (Å²) < 4.78 is 42.1. The van der Waals surface area contributed by atoms with Crippen LogP contribution in [0.3, 0.4) is 0 Å². The summed E-state index contributed by atoms with van der Waals surface area (Å²) in [7, 11) is 0. The summed E-state index contributed by atoms with van der Waals surface area (Å²) in [6.45, 7) is 3.16. The van der Waals surface area contributed by atoms with E-state index in [4.69, 9.17) is 15.3 Å². The standard InChI is InChI=1S/C21H22F3N3O2S/c1-2-29-20(28)18(16(13-25)14-26)5-3-17-4-6-19(30-17)27-11-8-15(9-12-27)7-10-21(22,23)24/h3-6,15H,2,7-12H2,1H3. The van der Waals surface area contributed by atoms with Gasteiger partial charge in [0.2, 0.25) is 0 Å². The highest BCUT2D eigenvalue weighted by Gasteiger charge is 2.29. The van der Waals surface area contributed by atoms with Crippen molar-refractivity contribution in [3.05, 3.63) is 34.2 Å². The Morgan fingerprint density at radius 2 is 1.97 bits per heavy atom. The normalized spacial score (nSPS) is 14.9. The summed E-state index contributed by atoms with van der Waals surface area (Å²) in [4.78, 5) is 15.0. The van der Waals surface area contributed by atoms with Gasteiger partial charge in [-0.15, -0.1) is 11.3 Å². The maximum Gasteiger partial charge on any atom is 0.389 e. The van der Waals surface area contributed by atoms with Crippen molar-refractivity contribution in [1.82, 2.24) is 0 Å². The molecule has 0 aromatic carbocycles. The Morgan fingerprint density at radius 1 is 1.30 bits per heavy atom. The fourth-order valence-corrected chi connectivity index (χ4v) is 4.15. The van der Waals surface area contributed by atoms with Crippen LogP contribution in [-0.2, 0) is 9.53 Å². The van der Waals surface area contributed by atoms with Gasteiger partial charge in [-0.05, 0) is 56.4 Å². The number of anilines is 1. The average molecular weight is 437 g/mol. The fraction of sp³-hybridized carbons (Fsp3) is 0.476.